The molecule has 0 amide bonds. The Morgan fingerprint density at radius 1 is 0.771 bits per heavy atom. The predicted molar refractivity (Wildman–Crippen MR) is 143 cm³/mol. The summed E-state index contributed by atoms with van der Waals surface area (Å²) < 4.78 is 33.1. The quantitative estimate of drug-likeness (QED) is 0.144. The second kappa shape index (κ2) is 12.9. The van der Waals surface area contributed by atoms with Gasteiger partial charge in [0, 0.05) is 30.8 Å². The van der Waals surface area contributed by atoms with Crippen LogP contribution in [0.5, 0.6) is 0 Å². The zero-order valence-corrected chi connectivity index (χ0v) is 22.0. The summed E-state index contributed by atoms with van der Waals surface area (Å²) in [6.45, 7) is 8.20. The van der Waals surface area contributed by atoms with Crippen LogP contribution in [0.25, 0.3) is 0 Å². The zero-order valence-electron chi connectivity index (χ0n) is 21.1. The van der Waals surface area contributed by atoms with E-state index in [1.807, 2.05) is 112 Å². The number of nitrogens with zero attached hydrogens (tertiary/aromatic N) is 1. The Morgan fingerprint density at radius 3 is 1.66 bits per heavy atom. The van der Waals surface area contributed by atoms with E-state index in [4.69, 9.17) is 19.0 Å². The normalized spacial score (nSPS) is 14.2. The van der Waals surface area contributed by atoms with Crippen molar-refractivity contribution in [1.82, 2.24) is 0 Å². The second-order valence-electron chi connectivity index (χ2n) is 8.16. The average Bonchev–Trinajstić information content (AvgIpc) is 2.88. The fourth-order valence-electron chi connectivity index (χ4n) is 4.15. The van der Waals surface area contributed by atoms with Gasteiger partial charge in [-0.05, 0) is 33.3 Å². The van der Waals surface area contributed by atoms with E-state index >= 15 is 0 Å². The number of rotatable bonds is 13. The first-order chi connectivity index (χ1) is 17.0. The van der Waals surface area contributed by atoms with Crippen LogP contribution in [0.1, 0.15) is 44.4 Å². The molecule has 0 bridgehead atoms. The molecule has 0 saturated carbocycles. The lowest BCUT2D eigenvalue weighted by atomic mass is 10.0. The summed E-state index contributed by atoms with van der Waals surface area (Å²) in [7, 11) is -3.68. The van der Waals surface area contributed by atoms with Gasteiger partial charge in [0.25, 0.3) is 7.37 Å². The first-order valence-electron chi connectivity index (χ1n) is 12.2. The Kier molecular flexibility index (Phi) is 10.00. The highest BCUT2D eigenvalue weighted by Gasteiger charge is 2.53. The molecule has 0 aliphatic heterocycles. The van der Waals surface area contributed by atoms with Gasteiger partial charge < -0.3 is 14.0 Å². The van der Waals surface area contributed by atoms with Gasteiger partial charge in [0.2, 0.25) is 5.53 Å². The number of benzene rings is 3. The molecule has 0 N–H and O–H groups in total. The Hall–Kier alpha value is -2.56. The van der Waals surface area contributed by atoms with Crippen molar-refractivity contribution in [1.29, 1.82) is 0 Å². The van der Waals surface area contributed by atoms with Gasteiger partial charge in [-0.1, -0.05) is 91.0 Å². The minimum Gasteiger partial charge on any atom is -0.342 e. The standard InChI is InChI=1S/C29H36NO4P/c1-5-32-29(4,33-6-2)35(31,34-7-3)27(23-24-17-11-8-12-18-24)30-28(25-19-13-9-14-20-25)26-21-15-10-16-22-26/h8-22,27H,5-7,23H2,1-4H3/t27-,35?/m1/s1. The van der Waals surface area contributed by atoms with Crippen LogP contribution >= 0.6 is 7.37 Å². The summed E-state index contributed by atoms with van der Waals surface area (Å²) in [5.74, 6) is -0.733. The molecule has 0 aromatic heterocycles. The van der Waals surface area contributed by atoms with Gasteiger partial charge in [0.05, 0.1) is 12.3 Å². The van der Waals surface area contributed by atoms with Crippen LogP contribution in [0.4, 0.5) is 0 Å². The van der Waals surface area contributed by atoms with Crippen molar-refractivity contribution < 1.29 is 18.6 Å². The molecule has 0 saturated heterocycles. The number of aliphatic imine (C=N–C) groups is 1. The minimum atomic E-state index is -3.68. The van der Waals surface area contributed by atoms with Crippen LogP contribution in [0.15, 0.2) is 96.0 Å². The Labute approximate surface area is 209 Å². The fourth-order valence-corrected chi connectivity index (χ4v) is 6.81. The molecule has 3 aromatic rings. The molecule has 2 atom stereocenters. The third-order valence-corrected chi connectivity index (χ3v) is 8.85. The highest BCUT2D eigenvalue weighted by Crippen LogP contribution is 2.65. The second-order valence-corrected chi connectivity index (χ2v) is 11.0. The molecule has 35 heavy (non-hydrogen) atoms. The number of hydrogen-bond acceptors (Lipinski definition) is 5. The predicted octanol–water partition coefficient (Wildman–Crippen LogP) is 7.15. The van der Waals surface area contributed by atoms with E-state index in [0.29, 0.717) is 19.6 Å². The van der Waals surface area contributed by atoms with Crippen LogP contribution in [0, 0.1) is 0 Å². The summed E-state index contributed by atoms with van der Waals surface area (Å²) in [6, 6.07) is 29.9. The maximum atomic E-state index is 14.9. The largest absolute Gasteiger partial charge is 0.342 e. The van der Waals surface area contributed by atoms with Gasteiger partial charge in [0.1, 0.15) is 5.78 Å². The highest BCUT2D eigenvalue weighted by molar-refractivity contribution is 7.61. The van der Waals surface area contributed by atoms with Gasteiger partial charge in [-0.15, -0.1) is 0 Å². The monoisotopic (exact) mass is 493 g/mol. The molecule has 0 heterocycles. The average molecular weight is 494 g/mol. The van der Waals surface area contributed by atoms with Gasteiger partial charge in [-0.25, -0.2) is 0 Å². The molecule has 0 radical (unpaired) electrons. The van der Waals surface area contributed by atoms with Crippen molar-refractivity contribution in [2.75, 3.05) is 19.8 Å². The van der Waals surface area contributed by atoms with Crippen molar-refractivity contribution in [3.8, 4) is 0 Å². The molecule has 3 rings (SSSR count). The maximum absolute atomic E-state index is 14.9. The van der Waals surface area contributed by atoms with Crippen LogP contribution in [0.3, 0.4) is 0 Å². The zero-order chi connectivity index (χ0) is 25.2. The van der Waals surface area contributed by atoms with E-state index in [1.165, 1.54) is 0 Å². The van der Waals surface area contributed by atoms with Crippen LogP contribution in [-0.2, 0) is 25.0 Å². The maximum Gasteiger partial charge on any atom is 0.284 e. The van der Waals surface area contributed by atoms with Crippen molar-refractivity contribution in [2.45, 2.75) is 45.4 Å². The third-order valence-electron chi connectivity index (χ3n) is 5.74. The Bertz CT molecular complexity index is 1060. The lowest BCUT2D eigenvalue weighted by Gasteiger charge is -2.39. The van der Waals surface area contributed by atoms with Gasteiger partial charge >= 0.3 is 0 Å². The topological polar surface area (TPSA) is 57.1 Å². The minimum absolute atomic E-state index is 0.250. The summed E-state index contributed by atoms with van der Waals surface area (Å²) in [4.78, 5) is 5.20. The molecule has 0 fully saturated rings. The van der Waals surface area contributed by atoms with E-state index in [1.54, 1.807) is 6.92 Å². The molecular weight excluding hydrogens is 457 g/mol. The van der Waals surface area contributed by atoms with E-state index in [-0.39, 0.29) is 6.61 Å². The molecule has 0 aliphatic carbocycles. The molecule has 0 aliphatic rings. The fraction of sp³-hybridized carbons (Fsp3) is 0.345. The summed E-state index contributed by atoms with van der Waals surface area (Å²) in [5.41, 5.74) is 2.21. The molecule has 1 unspecified atom stereocenters. The smallest absolute Gasteiger partial charge is 0.284 e. The lowest BCUT2D eigenvalue weighted by molar-refractivity contribution is -0.168. The summed E-state index contributed by atoms with van der Waals surface area (Å²) >= 11 is 0. The molecule has 186 valence electrons. The van der Waals surface area contributed by atoms with E-state index < -0.39 is 18.7 Å². The number of hydrogen-bond donors (Lipinski definition) is 0. The molecular formula is C29H36NO4P. The van der Waals surface area contributed by atoms with Crippen LogP contribution in [-0.4, -0.2) is 36.8 Å². The first-order valence-corrected chi connectivity index (χ1v) is 13.9. The molecule has 3 aromatic carbocycles. The van der Waals surface area contributed by atoms with Gasteiger partial charge in [-0.3, -0.25) is 9.56 Å². The molecule has 5 nitrogen and oxygen atoms in total. The van der Waals surface area contributed by atoms with E-state index in [2.05, 4.69) is 0 Å². The van der Waals surface area contributed by atoms with Crippen molar-refractivity contribution in [2.24, 2.45) is 4.99 Å². The van der Waals surface area contributed by atoms with Crippen molar-refractivity contribution in [3.05, 3.63) is 108 Å². The third kappa shape index (κ3) is 6.56. The molecule has 6 heteroatoms. The van der Waals surface area contributed by atoms with Crippen molar-refractivity contribution >= 4 is 13.1 Å². The van der Waals surface area contributed by atoms with Gasteiger partial charge in [-0.2, -0.15) is 0 Å². The lowest BCUT2D eigenvalue weighted by Crippen LogP contribution is -2.38. The number of ether oxygens (including phenoxy) is 2. The van der Waals surface area contributed by atoms with Crippen LogP contribution < -0.4 is 0 Å². The van der Waals surface area contributed by atoms with Crippen LogP contribution in [0.2, 0.25) is 0 Å². The van der Waals surface area contributed by atoms with E-state index in [9.17, 15) is 4.57 Å². The molecule has 0 spiro atoms. The Balaban J connectivity index is 2.25. The van der Waals surface area contributed by atoms with E-state index in [0.717, 1.165) is 22.4 Å². The Morgan fingerprint density at radius 2 is 1.23 bits per heavy atom. The SMILES string of the molecule is CCOC(C)(OCC)P(=O)(OCC)[C@H](Cc1ccccc1)N=C(c1ccccc1)c1ccccc1. The first kappa shape index (κ1) is 27.0. The summed E-state index contributed by atoms with van der Waals surface area (Å²) in [5, 5.41) is 0. The highest BCUT2D eigenvalue weighted by atomic mass is 31.2. The summed E-state index contributed by atoms with van der Waals surface area (Å²) in [6.07, 6.45) is 0.414. The van der Waals surface area contributed by atoms with Crippen molar-refractivity contribution in [3.63, 3.8) is 0 Å². The van der Waals surface area contributed by atoms with Gasteiger partial charge in [0.15, 0.2) is 0 Å².